The van der Waals surface area contributed by atoms with Crippen molar-refractivity contribution in [3.8, 4) is 5.75 Å². The lowest BCUT2D eigenvalue weighted by atomic mass is 10.1. The molecule has 2 N–H and O–H groups in total. The third-order valence-corrected chi connectivity index (χ3v) is 4.30. The normalized spacial score (nSPS) is 10.3. The van der Waals surface area contributed by atoms with E-state index >= 15 is 0 Å². The zero-order valence-corrected chi connectivity index (χ0v) is 17.2. The smallest absolute Gasteiger partial charge is 0.478 e. The lowest BCUT2D eigenvalue weighted by Crippen LogP contribution is -2.15. The van der Waals surface area contributed by atoms with Crippen molar-refractivity contribution in [3.05, 3.63) is 23.8 Å². The van der Waals surface area contributed by atoms with Gasteiger partial charge in [0.1, 0.15) is 5.56 Å². The number of ether oxygens (including phenoxy) is 3. The van der Waals surface area contributed by atoms with Gasteiger partial charge in [-0.25, -0.2) is 14.4 Å². The van der Waals surface area contributed by atoms with Crippen LogP contribution in [0.4, 0.5) is 15.3 Å². The standard InChI is InChI=1S/C21H31NO7/c1-3-4-5-6-7-8-9-10-11-14-28-20(25)22-16-12-13-17(19(23)24)18(15-16)29-21(26)27-2/h12-13,15H,3-11,14H2,1-2H3,(H,22,25)(H,23,24). The monoisotopic (exact) mass is 409 g/mol. The highest BCUT2D eigenvalue weighted by molar-refractivity contribution is 5.93. The summed E-state index contributed by atoms with van der Waals surface area (Å²) in [5.41, 5.74) is 0.00925. The number of rotatable bonds is 13. The summed E-state index contributed by atoms with van der Waals surface area (Å²) >= 11 is 0. The predicted molar refractivity (Wildman–Crippen MR) is 109 cm³/mol. The highest BCUT2D eigenvalue weighted by Gasteiger charge is 2.16. The fourth-order valence-electron chi connectivity index (χ4n) is 2.72. The minimum atomic E-state index is -1.27. The van der Waals surface area contributed by atoms with Crippen LogP contribution in [0.25, 0.3) is 0 Å². The molecule has 0 spiro atoms. The van der Waals surface area contributed by atoms with Gasteiger partial charge in [-0.2, -0.15) is 0 Å². The first-order valence-electron chi connectivity index (χ1n) is 10.0. The number of hydrogen-bond acceptors (Lipinski definition) is 6. The van der Waals surface area contributed by atoms with Crippen molar-refractivity contribution in [1.82, 2.24) is 0 Å². The van der Waals surface area contributed by atoms with Gasteiger partial charge in [-0.15, -0.1) is 0 Å². The Morgan fingerprint density at radius 2 is 1.59 bits per heavy atom. The molecule has 1 rings (SSSR count). The number of hydrogen-bond donors (Lipinski definition) is 2. The van der Waals surface area contributed by atoms with Gasteiger partial charge in [-0.05, 0) is 18.6 Å². The molecule has 0 fully saturated rings. The van der Waals surface area contributed by atoms with E-state index in [-0.39, 0.29) is 17.0 Å². The van der Waals surface area contributed by atoms with Gasteiger partial charge in [-0.1, -0.05) is 58.3 Å². The van der Waals surface area contributed by atoms with Gasteiger partial charge in [0.05, 0.1) is 13.7 Å². The second kappa shape index (κ2) is 14.3. The third-order valence-electron chi connectivity index (χ3n) is 4.30. The van der Waals surface area contributed by atoms with Crippen LogP contribution >= 0.6 is 0 Å². The number of nitrogens with one attached hydrogen (secondary N) is 1. The van der Waals surface area contributed by atoms with E-state index in [1.165, 1.54) is 56.7 Å². The maximum absolute atomic E-state index is 11.9. The van der Waals surface area contributed by atoms with E-state index in [0.717, 1.165) is 26.4 Å². The Morgan fingerprint density at radius 3 is 2.17 bits per heavy atom. The second-order valence-electron chi connectivity index (χ2n) is 6.66. The first-order chi connectivity index (χ1) is 14.0. The number of methoxy groups -OCH3 is 1. The van der Waals surface area contributed by atoms with Gasteiger partial charge in [-0.3, -0.25) is 5.32 Å². The Bertz CT molecular complexity index is 660. The zero-order chi connectivity index (χ0) is 21.5. The van der Waals surface area contributed by atoms with Crippen molar-refractivity contribution in [2.75, 3.05) is 19.0 Å². The zero-order valence-electron chi connectivity index (χ0n) is 17.2. The number of carbonyl (C=O) groups excluding carboxylic acids is 2. The molecule has 29 heavy (non-hydrogen) atoms. The summed E-state index contributed by atoms with van der Waals surface area (Å²) in [4.78, 5) is 34.3. The van der Waals surface area contributed by atoms with Crippen LogP contribution in [0.1, 0.15) is 75.1 Å². The second-order valence-corrected chi connectivity index (χ2v) is 6.66. The summed E-state index contributed by atoms with van der Waals surface area (Å²) in [6.07, 6.45) is 8.81. The molecular weight excluding hydrogens is 378 g/mol. The van der Waals surface area contributed by atoms with E-state index in [0.29, 0.717) is 6.61 Å². The molecule has 0 heterocycles. The molecule has 162 valence electrons. The molecule has 0 unspecified atom stereocenters. The quantitative estimate of drug-likeness (QED) is 0.247. The number of carbonyl (C=O) groups is 3. The van der Waals surface area contributed by atoms with Crippen LogP contribution in [0.15, 0.2) is 18.2 Å². The SMILES string of the molecule is CCCCCCCCCCCOC(=O)Nc1ccc(C(=O)O)c(OC(=O)OC)c1. The molecule has 1 aromatic carbocycles. The number of benzene rings is 1. The van der Waals surface area contributed by atoms with E-state index in [9.17, 15) is 14.4 Å². The minimum Gasteiger partial charge on any atom is -0.478 e. The molecule has 8 heteroatoms. The minimum absolute atomic E-state index is 0.232. The summed E-state index contributed by atoms with van der Waals surface area (Å²) in [6.45, 7) is 2.51. The molecule has 0 radical (unpaired) electrons. The van der Waals surface area contributed by atoms with Crippen LogP contribution in [-0.4, -0.2) is 37.0 Å². The summed E-state index contributed by atoms with van der Waals surface area (Å²) in [7, 11) is 1.11. The summed E-state index contributed by atoms with van der Waals surface area (Å²) < 4.78 is 14.3. The molecule has 0 aromatic heterocycles. The maximum atomic E-state index is 11.9. The van der Waals surface area contributed by atoms with Crippen LogP contribution < -0.4 is 10.1 Å². The average molecular weight is 409 g/mol. The number of carboxylic acid groups (broad SMARTS) is 1. The molecule has 1 aromatic rings. The molecular formula is C21H31NO7. The molecule has 0 aliphatic heterocycles. The lowest BCUT2D eigenvalue weighted by molar-refractivity contribution is 0.0692. The Balaban J connectivity index is 2.34. The van der Waals surface area contributed by atoms with Crippen molar-refractivity contribution in [2.45, 2.75) is 64.7 Å². The van der Waals surface area contributed by atoms with E-state index in [1.54, 1.807) is 0 Å². The molecule has 0 bridgehead atoms. The van der Waals surface area contributed by atoms with Gasteiger partial charge < -0.3 is 19.3 Å². The van der Waals surface area contributed by atoms with Gasteiger partial charge in [0.2, 0.25) is 0 Å². The molecule has 0 atom stereocenters. The number of unbranched alkanes of at least 4 members (excludes halogenated alkanes) is 8. The average Bonchev–Trinajstić information content (AvgIpc) is 2.69. The van der Waals surface area contributed by atoms with E-state index < -0.39 is 18.2 Å². The summed E-state index contributed by atoms with van der Waals surface area (Å²) in [5, 5.41) is 11.6. The van der Waals surface area contributed by atoms with Gasteiger partial charge in [0, 0.05) is 11.8 Å². The number of anilines is 1. The van der Waals surface area contributed by atoms with Crippen LogP contribution in [0.2, 0.25) is 0 Å². The van der Waals surface area contributed by atoms with Crippen LogP contribution in [0, 0.1) is 0 Å². The molecule has 0 saturated carbocycles. The van der Waals surface area contributed by atoms with E-state index in [1.807, 2.05) is 0 Å². The van der Waals surface area contributed by atoms with Crippen molar-refractivity contribution < 1.29 is 33.7 Å². The summed E-state index contributed by atoms with van der Waals surface area (Å²) in [6, 6.07) is 3.82. The lowest BCUT2D eigenvalue weighted by Gasteiger charge is -2.10. The summed E-state index contributed by atoms with van der Waals surface area (Å²) in [5.74, 6) is -1.51. The van der Waals surface area contributed by atoms with Crippen molar-refractivity contribution in [2.24, 2.45) is 0 Å². The maximum Gasteiger partial charge on any atom is 0.513 e. The van der Waals surface area contributed by atoms with Crippen LogP contribution in [0.5, 0.6) is 5.75 Å². The van der Waals surface area contributed by atoms with Crippen molar-refractivity contribution in [1.29, 1.82) is 0 Å². The fourth-order valence-corrected chi connectivity index (χ4v) is 2.72. The van der Waals surface area contributed by atoms with Gasteiger partial charge >= 0.3 is 18.2 Å². The van der Waals surface area contributed by atoms with Gasteiger partial charge in [0.25, 0.3) is 0 Å². The number of carboxylic acids is 1. The Morgan fingerprint density at radius 1 is 0.966 bits per heavy atom. The first-order valence-corrected chi connectivity index (χ1v) is 10.0. The molecule has 0 aliphatic carbocycles. The largest absolute Gasteiger partial charge is 0.513 e. The highest BCUT2D eigenvalue weighted by atomic mass is 16.7. The Hall–Kier alpha value is -2.77. The Kier molecular flexibility index (Phi) is 11.9. The van der Waals surface area contributed by atoms with Crippen molar-refractivity contribution >= 4 is 23.9 Å². The highest BCUT2D eigenvalue weighted by Crippen LogP contribution is 2.24. The van der Waals surface area contributed by atoms with Gasteiger partial charge in [0.15, 0.2) is 5.75 Å². The van der Waals surface area contributed by atoms with Crippen molar-refractivity contribution in [3.63, 3.8) is 0 Å². The fraction of sp³-hybridized carbons (Fsp3) is 0.571. The predicted octanol–water partition coefficient (Wildman–Crippen LogP) is 5.61. The Labute approximate surface area is 171 Å². The number of aromatic carboxylic acids is 1. The molecule has 0 aliphatic rings. The topological polar surface area (TPSA) is 111 Å². The third kappa shape index (κ3) is 10.4. The number of amides is 1. The van der Waals surface area contributed by atoms with E-state index in [4.69, 9.17) is 14.6 Å². The molecule has 1 amide bonds. The van der Waals surface area contributed by atoms with E-state index in [2.05, 4.69) is 17.0 Å². The van der Waals surface area contributed by atoms with Crippen LogP contribution in [-0.2, 0) is 9.47 Å². The molecule has 8 nitrogen and oxygen atoms in total. The van der Waals surface area contributed by atoms with Crippen LogP contribution in [0.3, 0.4) is 0 Å². The first kappa shape index (κ1) is 24.3. The molecule has 0 saturated heterocycles.